The number of thiophene rings is 4. The van der Waals surface area contributed by atoms with Gasteiger partial charge in [-0.15, -0.1) is 55.5 Å². The van der Waals surface area contributed by atoms with Crippen LogP contribution < -0.4 is 14.8 Å². The molecule has 0 saturated carbocycles. The van der Waals surface area contributed by atoms with Gasteiger partial charge in [0, 0.05) is 115 Å². The van der Waals surface area contributed by atoms with Crippen LogP contribution in [0.1, 0.15) is 5.01 Å². The van der Waals surface area contributed by atoms with Crippen molar-refractivity contribution in [1.29, 1.82) is 0 Å². The van der Waals surface area contributed by atoms with Crippen molar-refractivity contribution in [3.8, 4) is 56.0 Å². The highest BCUT2D eigenvalue weighted by molar-refractivity contribution is 8.01. The fourth-order valence-corrected chi connectivity index (χ4v) is 18.7. The average Bonchev–Trinajstić information content (AvgIpc) is 2.27. The zero-order valence-electron chi connectivity index (χ0n) is 48.0. The lowest BCUT2D eigenvalue weighted by Gasteiger charge is -2.33. The normalized spacial score (nSPS) is 11.9. The maximum absolute atomic E-state index is 14.0. The first kappa shape index (κ1) is 56.6. The second-order valence-corrected chi connectivity index (χ2v) is 28.5. The van der Waals surface area contributed by atoms with Crippen LogP contribution in [0.5, 0.6) is 11.5 Å². The number of ether oxygens (including phenoxy) is 4. The van der Waals surface area contributed by atoms with Gasteiger partial charge in [-0.3, -0.25) is 0 Å². The minimum Gasteiger partial charge on any atom is -0.492 e. The van der Waals surface area contributed by atoms with Crippen molar-refractivity contribution in [2.75, 3.05) is 38.7 Å². The number of hydrogen-bond donors (Lipinski definition) is 1. The molecule has 0 aliphatic rings. The van der Waals surface area contributed by atoms with E-state index in [-0.39, 0.29) is 33.0 Å². The van der Waals surface area contributed by atoms with Crippen LogP contribution in [0, 0.1) is 12.3 Å². The van der Waals surface area contributed by atoms with Crippen LogP contribution in [0.25, 0.3) is 125 Å². The number of thioether (sulfide) groups is 1. The number of aromatic nitrogens is 2. The molecule has 89 heavy (non-hydrogen) atoms. The minimum atomic E-state index is -1.05. The number of carbonyl (C=O) groups is 2. The van der Waals surface area contributed by atoms with Gasteiger partial charge in [0.2, 0.25) is 0 Å². The molecular formula is C74H53N3O6S6. The van der Waals surface area contributed by atoms with Gasteiger partial charge < -0.3 is 24.3 Å². The van der Waals surface area contributed by atoms with Crippen molar-refractivity contribution in [3.63, 3.8) is 0 Å². The monoisotopic (exact) mass is 1270 g/mol. The lowest BCUT2D eigenvalue weighted by Crippen LogP contribution is -2.44. The van der Waals surface area contributed by atoms with E-state index in [0.29, 0.717) is 17.3 Å². The Balaban J connectivity index is 0.865. The Morgan fingerprint density at radius 1 is 0.472 bits per heavy atom. The summed E-state index contributed by atoms with van der Waals surface area (Å²) in [7, 11) is 0. The van der Waals surface area contributed by atoms with Crippen LogP contribution in [0.4, 0.5) is 4.79 Å². The van der Waals surface area contributed by atoms with Crippen molar-refractivity contribution in [2.24, 2.45) is 5.41 Å². The van der Waals surface area contributed by atoms with E-state index in [1.165, 1.54) is 94.4 Å². The first-order chi connectivity index (χ1) is 43.7. The number of fused-ring (bicyclic) bond motifs is 12. The summed E-state index contributed by atoms with van der Waals surface area (Å²) < 4.78 is 36.7. The number of nitrogens with zero attached hydrogens (tertiary/aromatic N) is 2. The number of rotatable bonds is 19. The molecule has 0 radical (unpaired) electrons. The molecule has 0 bridgehead atoms. The van der Waals surface area contributed by atoms with Crippen molar-refractivity contribution in [1.82, 2.24) is 15.5 Å². The summed E-state index contributed by atoms with van der Waals surface area (Å²) in [6.07, 6.45) is 0.403. The molecule has 1 amide bonds. The molecule has 0 spiro atoms. The molecular weight excluding hydrogens is 1220 g/mol. The zero-order valence-corrected chi connectivity index (χ0v) is 52.8. The molecule has 9 nitrogen and oxygen atoms in total. The van der Waals surface area contributed by atoms with Gasteiger partial charge in [-0.2, -0.15) is 0 Å². The van der Waals surface area contributed by atoms with E-state index < -0.39 is 17.5 Å². The highest BCUT2D eigenvalue weighted by Gasteiger charge is 2.37. The number of benzene rings is 10. The standard InChI is InChI=1S/C74H53N3O6S6/c1-3-67(78)80-37-36-75-72(79)83-42-74(43-84-73-77-76-44(2)85-73,40-81-61-34-32-45(47-20-12-22-53-49-16-4-8-28-63(49)86-68(47)53)38-59(61)57-26-14-24-55-51-18-6-10-30-65(51)88-70(55)57)41-82-62-35-33-46(48-21-13-23-54-50-17-5-9-29-64(50)87-69(48)54)39-60(62)58-27-15-25-56-52-19-7-11-31-66(52)89-71(56)58/h3-35,38-39H,1,36-37,40-43H2,2H3,(H,75,79). The molecule has 0 aliphatic heterocycles. The quantitative estimate of drug-likeness (QED) is 0.0366. The number of carbonyl (C=O) groups excluding carboxylic acids is 2. The van der Waals surface area contributed by atoms with E-state index in [0.717, 1.165) is 69.3 Å². The van der Waals surface area contributed by atoms with Gasteiger partial charge >= 0.3 is 12.1 Å². The number of nitrogens with one attached hydrogen (secondary N) is 1. The van der Waals surface area contributed by atoms with Crippen molar-refractivity contribution in [3.05, 3.63) is 224 Å². The zero-order chi connectivity index (χ0) is 60.0. The summed E-state index contributed by atoms with van der Waals surface area (Å²) in [6.45, 7) is 5.37. The Hall–Kier alpha value is -8.93. The average molecular weight is 1270 g/mol. The predicted octanol–water partition coefficient (Wildman–Crippen LogP) is 20.7. The lowest BCUT2D eigenvalue weighted by atomic mass is 9.92. The van der Waals surface area contributed by atoms with Gasteiger partial charge in [0.25, 0.3) is 0 Å². The van der Waals surface area contributed by atoms with E-state index in [9.17, 15) is 9.59 Å². The van der Waals surface area contributed by atoms with Crippen molar-refractivity contribution in [2.45, 2.75) is 11.3 Å². The van der Waals surface area contributed by atoms with Gasteiger partial charge in [0.1, 0.15) is 42.9 Å². The van der Waals surface area contributed by atoms with Crippen LogP contribution in [0.3, 0.4) is 0 Å². The first-order valence-electron chi connectivity index (χ1n) is 29.0. The fourth-order valence-electron chi connectivity index (χ4n) is 11.8. The van der Waals surface area contributed by atoms with Crippen LogP contribution in [-0.4, -0.2) is 61.0 Å². The van der Waals surface area contributed by atoms with E-state index in [2.05, 4.69) is 228 Å². The maximum Gasteiger partial charge on any atom is 0.407 e. The highest BCUT2D eigenvalue weighted by atomic mass is 32.2. The molecule has 15 rings (SSSR count). The molecule has 15 aromatic rings. The van der Waals surface area contributed by atoms with Gasteiger partial charge in [-0.1, -0.05) is 187 Å². The molecule has 0 saturated heterocycles. The molecule has 10 aromatic carbocycles. The third kappa shape index (κ3) is 11.0. The number of hydrogen-bond acceptors (Lipinski definition) is 14. The largest absolute Gasteiger partial charge is 0.492 e. The van der Waals surface area contributed by atoms with Gasteiger partial charge in [-0.05, 0) is 77.7 Å². The summed E-state index contributed by atoms with van der Waals surface area (Å²) in [5.41, 5.74) is 7.29. The maximum atomic E-state index is 14.0. The summed E-state index contributed by atoms with van der Waals surface area (Å²) in [5.74, 6) is 1.09. The Morgan fingerprint density at radius 2 is 0.888 bits per heavy atom. The number of aryl methyl sites for hydroxylation is 1. The summed E-state index contributed by atoms with van der Waals surface area (Å²) in [5, 5.41) is 22.2. The lowest BCUT2D eigenvalue weighted by molar-refractivity contribution is -0.137. The van der Waals surface area contributed by atoms with E-state index >= 15 is 0 Å². The molecule has 15 heteroatoms. The fraction of sp³-hybridized carbons (Fsp3) is 0.108. The summed E-state index contributed by atoms with van der Waals surface area (Å²) in [4.78, 5) is 25.9. The number of esters is 1. The Kier molecular flexibility index (Phi) is 15.4. The van der Waals surface area contributed by atoms with Crippen LogP contribution in [0.15, 0.2) is 223 Å². The molecule has 0 fully saturated rings. The molecule has 5 heterocycles. The predicted molar refractivity (Wildman–Crippen MR) is 375 cm³/mol. The van der Waals surface area contributed by atoms with Crippen molar-refractivity contribution >= 4 is 161 Å². The number of amides is 1. The molecule has 5 aromatic heterocycles. The van der Waals surface area contributed by atoms with Gasteiger partial charge in [0.05, 0.1) is 12.0 Å². The Bertz CT molecular complexity index is 4970. The summed E-state index contributed by atoms with van der Waals surface area (Å²) >= 11 is 10.2. The molecule has 0 aliphatic carbocycles. The van der Waals surface area contributed by atoms with Gasteiger partial charge in [0.15, 0.2) is 4.34 Å². The second kappa shape index (κ2) is 24.2. The number of alkyl carbamates (subject to hydrolysis) is 1. The summed E-state index contributed by atoms with van der Waals surface area (Å²) in [6, 6.07) is 73.6. The third-order valence-electron chi connectivity index (χ3n) is 16.1. The molecule has 436 valence electrons. The Morgan fingerprint density at radius 3 is 1.31 bits per heavy atom. The van der Waals surface area contributed by atoms with E-state index in [4.69, 9.17) is 18.9 Å². The minimum absolute atomic E-state index is 0.0274. The SMILES string of the molecule is C=CC(=O)OCCNC(=O)OCC(COc1ccc(-c2cccc3c2sc2ccccc23)cc1-c1cccc2c1sc1ccccc12)(COc1ccc(-c2cccc3c2sc2ccccc23)cc1-c1cccc2c1sc1ccccc12)CSc1nnc(C)s1. The van der Waals surface area contributed by atoms with Crippen LogP contribution in [0.2, 0.25) is 0 Å². The van der Waals surface area contributed by atoms with E-state index in [1.807, 2.05) is 29.6 Å². The highest BCUT2D eigenvalue weighted by Crippen LogP contribution is 2.49. The second-order valence-electron chi connectivity index (χ2n) is 21.9. The van der Waals surface area contributed by atoms with E-state index in [1.54, 1.807) is 22.7 Å². The van der Waals surface area contributed by atoms with Gasteiger partial charge in [-0.25, -0.2) is 9.59 Å². The Labute approximate surface area is 536 Å². The molecule has 0 atom stereocenters. The molecule has 0 unspecified atom stereocenters. The first-order valence-corrected chi connectivity index (χ1v) is 34.1. The third-order valence-corrected chi connectivity index (χ3v) is 23.3. The topological polar surface area (TPSA) is 109 Å². The van der Waals surface area contributed by atoms with Crippen molar-refractivity contribution < 1.29 is 28.5 Å². The van der Waals surface area contributed by atoms with Crippen LogP contribution in [-0.2, 0) is 14.3 Å². The smallest absolute Gasteiger partial charge is 0.407 e. The molecule has 1 N–H and O–H groups in total. The van der Waals surface area contributed by atoms with Crippen LogP contribution >= 0.6 is 68.4 Å².